The zero-order valence-electron chi connectivity index (χ0n) is 16.7. The fourth-order valence-corrected chi connectivity index (χ4v) is 2.89. The summed E-state index contributed by atoms with van der Waals surface area (Å²) in [5.41, 5.74) is 3.64. The molecule has 29 heavy (non-hydrogen) atoms. The number of rotatable bonds is 6. The Morgan fingerprint density at radius 1 is 0.966 bits per heavy atom. The molecule has 1 aromatic heterocycles. The summed E-state index contributed by atoms with van der Waals surface area (Å²) >= 11 is 0. The first-order valence-corrected chi connectivity index (χ1v) is 9.48. The quantitative estimate of drug-likeness (QED) is 0.500. The lowest BCUT2D eigenvalue weighted by atomic mass is 10.1. The normalized spacial score (nSPS) is 11.3. The minimum atomic E-state index is -0.204. The summed E-state index contributed by atoms with van der Waals surface area (Å²) < 4.78 is 15.3. The van der Waals surface area contributed by atoms with E-state index in [0.717, 1.165) is 16.7 Å². The van der Waals surface area contributed by atoms with E-state index in [1.807, 2.05) is 36.4 Å². The smallest absolute Gasteiger partial charge is 0.250 e. The Labute approximate surface area is 169 Å². The van der Waals surface area contributed by atoms with Crippen LogP contribution in [-0.4, -0.2) is 17.6 Å². The molecule has 150 valence electrons. The summed E-state index contributed by atoms with van der Waals surface area (Å²) in [5, 5.41) is 6.44. The number of pyridine rings is 1. The topological polar surface area (TPSA) is 58.4 Å². The minimum absolute atomic E-state index is 0.0124. The number of aryl methyl sites for hydroxylation is 1. The molecule has 0 amide bonds. The second-order valence-corrected chi connectivity index (χ2v) is 6.85. The van der Waals surface area contributed by atoms with Gasteiger partial charge in [0.2, 0.25) is 0 Å². The molecule has 0 atom stereocenters. The van der Waals surface area contributed by atoms with Crippen molar-refractivity contribution in [3.8, 4) is 0 Å². The van der Waals surface area contributed by atoms with Crippen molar-refractivity contribution < 1.29 is 4.39 Å². The molecule has 3 aromatic rings. The summed E-state index contributed by atoms with van der Waals surface area (Å²) in [7, 11) is 1.70. The third-order valence-corrected chi connectivity index (χ3v) is 4.65. The highest BCUT2D eigenvalue weighted by Gasteiger charge is 2.03. The van der Waals surface area contributed by atoms with Gasteiger partial charge in [0, 0.05) is 32.4 Å². The van der Waals surface area contributed by atoms with Crippen LogP contribution in [-0.2, 0) is 19.6 Å². The molecule has 0 radical (unpaired) electrons. The number of aliphatic imine (C=N–C) groups is 1. The molecule has 5 nitrogen and oxygen atoms in total. The molecule has 0 aliphatic carbocycles. The predicted molar refractivity (Wildman–Crippen MR) is 114 cm³/mol. The lowest BCUT2D eigenvalue weighted by Gasteiger charge is -2.13. The number of nitrogens with one attached hydrogen (secondary N) is 2. The summed E-state index contributed by atoms with van der Waals surface area (Å²) in [5.74, 6) is 0.441. The SMILES string of the molecule is CN=C(NCc1ccc(Cn2ccccc2=O)cc1)NCc1ccc(C)c(F)c1. The van der Waals surface area contributed by atoms with Gasteiger partial charge in [0.25, 0.3) is 5.56 Å². The van der Waals surface area contributed by atoms with Crippen LogP contribution in [0.2, 0.25) is 0 Å². The molecule has 2 N–H and O–H groups in total. The van der Waals surface area contributed by atoms with Gasteiger partial charge in [0.05, 0.1) is 6.54 Å². The van der Waals surface area contributed by atoms with Crippen molar-refractivity contribution in [1.29, 1.82) is 0 Å². The van der Waals surface area contributed by atoms with E-state index >= 15 is 0 Å². The number of guanidine groups is 1. The van der Waals surface area contributed by atoms with Gasteiger partial charge in [-0.3, -0.25) is 9.79 Å². The largest absolute Gasteiger partial charge is 0.352 e. The van der Waals surface area contributed by atoms with Crippen LogP contribution in [0.25, 0.3) is 0 Å². The highest BCUT2D eigenvalue weighted by atomic mass is 19.1. The van der Waals surface area contributed by atoms with Gasteiger partial charge in [-0.1, -0.05) is 42.5 Å². The first-order chi connectivity index (χ1) is 14.0. The minimum Gasteiger partial charge on any atom is -0.352 e. The molecule has 0 aliphatic rings. The molecule has 3 rings (SSSR count). The summed E-state index contributed by atoms with van der Waals surface area (Å²) in [4.78, 5) is 16.0. The first-order valence-electron chi connectivity index (χ1n) is 9.48. The third-order valence-electron chi connectivity index (χ3n) is 4.65. The molecule has 0 saturated carbocycles. The predicted octanol–water partition coefficient (Wildman–Crippen LogP) is 3.21. The van der Waals surface area contributed by atoms with Crippen LogP contribution in [0.5, 0.6) is 0 Å². The van der Waals surface area contributed by atoms with E-state index < -0.39 is 0 Å². The Balaban J connectivity index is 1.52. The monoisotopic (exact) mass is 392 g/mol. The molecule has 0 fully saturated rings. The lowest BCUT2D eigenvalue weighted by Crippen LogP contribution is -2.36. The van der Waals surface area contributed by atoms with Crippen LogP contribution in [0.15, 0.2) is 76.6 Å². The Morgan fingerprint density at radius 3 is 2.28 bits per heavy atom. The lowest BCUT2D eigenvalue weighted by molar-refractivity contribution is 0.615. The average Bonchev–Trinajstić information content (AvgIpc) is 2.73. The van der Waals surface area contributed by atoms with Crippen LogP contribution in [0, 0.1) is 12.7 Å². The number of aromatic nitrogens is 1. The van der Waals surface area contributed by atoms with E-state index in [1.165, 1.54) is 6.07 Å². The molecule has 0 spiro atoms. The fourth-order valence-electron chi connectivity index (χ4n) is 2.89. The zero-order valence-corrected chi connectivity index (χ0v) is 16.7. The maximum Gasteiger partial charge on any atom is 0.250 e. The van der Waals surface area contributed by atoms with Gasteiger partial charge in [-0.25, -0.2) is 4.39 Å². The molecular weight excluding hydrogens is 367 g/mol. The van der Waals surface area contributed by atoms with Crippen molar-refractivity contribution in [2.24, 2.45) is 4.99 Å². The van der Waals surface area contributed by atoms with Gasteiger partial charge in [-0.15, -0.1) is 0 Å². The van der Waals surface area contributed by atoms with Crippen molar-refractivity contribution in [3.05, 3.63) is 105 Å². The van der Waals surface area contributed by atoms with E-state index in [-0.39, 0.29) is 11.4 Å². The fraction of sp³-hybridized carbons (Fsp3) is 0.217. The van der Waals surface area contributed by atoms with Crippen LogP contribution in [0.4, 0.5) is 4.39 Å². The van der Waals surface area contributed by atoms with E-state index in [2.05, 4.69) is 15.6 Å². The van der Waals surface area contributed by atoms with Gasteiger partial charge in [0.1, 0.15) is 5.82 Å². The molecule has 0 unspecified atom stereocenters. The first kappa shape index (κ1) is 20.3. The van der Waals surface area contributed by atoms with Crippen LogP contribution in [0.1, 0.15) is 22.3 Å². The van der Waals surface area contributed by atoms with Crippen LogP contribution in [0.3, 0.4) is 0 Å². The van der Waals surface area contributed by atoms with E-state index in [1.54, 1.807) is 42.9 Å². The molecule has 0 saturated heterocycles. The number of hydrogen-bond donors (Lipinski definition) is 2. The zero-order chi connectivity index (χ0) is 20.6. The van der Waals surface area contributed by atoms with Crippen molar-refractivity contribution >= 4 is 5.96 Å². The molecule has 1 heterocycles. The van der Waals surface area contributed by atoms with Gasteiger partial charge >= 0.3 is 0 Å². The van der Waals surface area contributed by atoms with Crippen LogP contribution >= 0.6 is 0 Å². The van der Waals surface area contributed by atoms with E-state index in [0.29, 0.717) is 31.2 Å². The van der Waals surface area contributed by atoms with Crippen molar-refractivity contribution in [1.82, 2.24) is 15.2 Å². The van der Waals surface area contributed by atoms with Crippen LogP contribution < -0.4 is 16.2 Å². The molecular formula is C23H25FN4O. The highest BCUT2D eigenvalue weighted by Crippen LogP contribution is 2.09. The van der Waals surface area contributed by atoms with Crippen molar-refractivity contribution in [3.63, 3.8) is 0 Å². The van der Waals surface area contributed by atoms with E-state index in [4.69, 9.17) is 0 Å². The van der Waals surface area contributed by atoms with E-state index in [9.17, 15) is 9.18 Å². The molecule has 6 heteroatoms. The highest BCUT2D eigenvalue weighted by molar-refractivity contribution is 5.79. The average molecular weight is 392 g/mol. The Morgan fingerprint density at radius 2 is 1.62 bits per heavy atom. The maximum atomic E-state index is 13.7. The van der Waals surface area contributed by atoms with Gasteiger partial charge in [-0.2, -0.15) is 0 Å². The second-order valence-electron chi connectivity index (χ2n) is 6.85. The van der Waals surface area contributed by atoms with Gasteiger partial charge < -0.3 is 15.2 Å². The maximum absolute atomic E-state index is 13.7. The molecule has 0 aliphatic heterocycles. The molecule has 0 bridgehead atoms. The Bertz CT molecular complexity index is 1040. The number of halogens is 1. The third kappa shape index (κ3) is 5.78. The van der Waals surface area contributed by atoms with Crippen molar-refractivity contribution in [2.75, 3.05) is 7.05 Å². The second kappa shape index (κ2) is 9.68. The summed E-state index contributed by atoms with van der Waals surface area (Å²) in [6.07, 6.45) is 1.79. The van der Waals surface area contributed by atoms with Gasteiger partial charge in [0.15, 0.2) is 5.96 Å². The van der Waals surface area contributed by atoms with Crippen molar-refractivity contribution in [2.45, 2.75) is 26.6 Å². The molecule has 2 aromatic carbocycles. The number of hydrogen-bond acceptors (Lipinski definition) is 2. The number of benzene rings is 2. The van der Waals surface area contributed by atoms with Gasteiger partial charge in [-0.05, 0) is 41.3 Å². The Kier molecular flexibility index (Phi) is 6.79. The number of nitrogens with zero attached hydrogens (tertiary/aromatic N) is 2. The summed E-state index contributed by atoms with van der Waals surface area (Å²) in [6.45, 7) is 3.38. The summed E-state index contributed by atoms with van der Waals surface area (Å²) in [6, 6.07) is 18.4. The standard InChI is InChI=1S/C23H25FN4O/c1-17-6-7-20(13-21(17)24)15-27-23(25-2)26-14-18-8-10-19(11-9-18)16-28-12-4-3-5-22(28)29/h3-13H,14-16H2,1-2H3,(H2,25,26,27). The Hall–Kier alpha value is -3.41.